The largest absolute Gasteiger partial charge is 0.481 e. The van der Waals surface area contributed by atoms with Gasteiger partial charge in [0, 0.05) is 12.1 Å². The Morgan fingerprint density at radius 3 is 2.67 bits per heavy atom. The first-order chi connectivity index (χ1) is 10.00. The standard InChI is InChI=1S/C16H19F2NO2/c17-14(18)12-3-1-2-11(8-12)10-19-6-4-16(5-7-19)9-13(16)15(20)21/h1-3,8,13-14H,4-7,9-10H2,(H,20,21)/t13-/m1/s1. The van der Waals surface area contributed by atoms with Crippen LogP contribution in [0.5, 0.6) is 0 Å². The molecular formula is C16H19F2NO2. The summed E-state index contributed by atoms with van der Waals surface area (Å²) in [5, 5.41) is 9.07. The number of piperidine rings is 1. The number of carboxylic acids is 1. The molecule has 21 heavy (non-hydrogen) atoms. The van der Waals surface area contributed by atoms with Gasteiger partial charge in [0.25, 0.3) is 6.43 Å². The number of hydrogen-bond donors (Lipinski definition) is 1. The molecule has 0 radical (unpaired) electrons. The molecule has 3 nitrogen and oxygen atoms in total. The van der Waals surface area contributed by atoms with E-state index in [1.54, 1.807) is 12.1 Å². The van der Waals surface area contributed by atoms with Gasteiger partial charge in [0.1, 0.15) is 0 Å². The highest BCUT2D eigenvalue weighted by Crippen LogP contribution is 2.59. The van der Waals surface area contributed by atoms with Crippen LogP contribution < -0.4 is 0 Å². The lowest BCUT2D eigenvalue weighted by atomic mass is 9.90. The molecule has 0 unspecified atom stereocenters. The van der Waals surface area contributed by atoms with E-state index >= 15 is 0 Å². The van der Waals surface area contributed by atoms with Crippen LogP contribution in [0.25, 0.3) is 0 Å². The lowest BCUT2D eigenvalue weighted by Gasteiger charge is -2.32. The Balaban J connectivity index is 1.56. The molecule has 1 aromatic rings. The molecule has 2 fully saturated rings. The molecular weight excluding hydrogens is 276 g/mol. The maximum absolute atomic E-state index is 12.7. The topological polar surface area (TPSA) is 40.5 Å². The van der Waals surface area contributed by atoms with Crippen molar-refractivity contribution in [1.82, 2.24) is 4.90 Å². The van der Waals surface area contributed by atoms with Gasteiger partial charge >= 0.3 is 5.97 Å². The van der Waals surface area contributed by atoms with Gasteiger partial charge in [-0.15, -0.1) is 0 Å². The predicted molar refractivity (Wildman–Crippen MR) is 74.1 cm³/mol. The van der Waals surface area contributed by atoms with E-state index in [-0.39, 0.29) is 16.9 Å². The third-order valence-electron chi connectivity index (χ3n) is 4.95. The van der Waals surface area contributed by atoms with Gasteiger partial charge in [-0.25, -0.2) is 8.78 Å². The summed E-state index contributed by atoms with van der Waals surface area (Å²) in [5.41, 5.74) is 0.983. The second-order valence-electron chi connectivity index (χ2n) is 6.28. The summed E-state index contributed by atoms with van der Waals surface area (Å²) in [4.78, 5) is 13.3. The van der Waals surface area contributed by atoms with Crippen molar-refractivity contribution in [2.75, 3.05) is 13.1 Å². The average molecular weight is 295 g/mol. The Hall–Kier alpha value is -1.49. The number of nitrogens with zero attached hydrogens (tertiary/aromatic N) is 1. The smallest absolute Gasteiger partial charge is 0.307 e. The maximum Gasteiger partial charge on any atom is 0.307 e. The zero-order chi connectivity index (χ0) is 15.0. The van der Waals surface area contributed by atoms with E-state index < -0.39 is 12.4 Å². The first-order valence-corrected chi connectivity index (χ1v) is 7.32. The lowest BCUT2D eigenvalue weighted by Crippen LogP contribution is -2.35. The molecule has 0 bridgehead atoms. The fourth-order valence-corrected chi connectivity index (χ4v) is 3.49. The van der Waals surface area contributed by atoms with Gasteiger partial charge in [0.05, 0.1) is 5.92 Å². The first kappa shape index (κ1) is 14.4. The number of rotatable bonds is 4. The third kappa shape index (κ3) is 2.93. The van der Waals surface area contributed by atoms with E-state index in [2.05, 4.69) is 4.90 Å². The Kier molecular flexibility index (Phi) is 3.69. The summed E-state index contributed by atoms with van der Waals surface area (Å²) in [6.45, 7) is 2.36. The Bertz CT molecular complexity index is 539. The third-order valence-corrected chi connectivity index (χ3v) is 4.95. The monoisotopic (exact) mass is 295 g/mol. The van der Waals surface area contributed by atoms with E-state index in [1.807, 2.05) is 6.07 Å². The molecule has 0 aromatic heterocycles. The molecule has 1 aromatic carbocycles. The van der Waals surface area contributed by atoms with Crippen molar-refractivity contribution < 1.29 is 18.7 Å². The molecule has 1 aliphatic heterocycles. The number of carbonyl (C=O) groups is 1. The fourth-order valence-electron chi connectivity index (χ4n) is 3.49. The molecule has 114 valence electrons. The minimum atomic E-state index is -2.43. The summed E-state index contributed by atoms with van der Waals surface area (Å²) in [6, 6.07) is 6.55. The summed E-state index contributed by atoms with van der Waals surface area (Å²) in [5.74, 6) is -0.838. The van der Waals surface area contributed by atoms with Gasteiger partial charge in [-0.3, -0.25) is 9.69 Å². The summed E-state index contributed by atoms with van der Waals surface area (Å²) in [7, 11) is 0. The summed E-state index contributed by atoms with van der Waals surface area (Å²) < 4.78 is 25.4. The number of likely N-dealkylation sites (tertiary alicyclic amines) is 1. The predicted octanol–water partition coefficient (Wildman–Crippen LogP) is 3.31. The van der Waals surface area contributed by atoms with Crippen molar-refractivity contribution in [3.05, 3.63) is 35.4 Å². The molecule has 1 spiro atoms. The molecule has 1 aliphatic carbocycles. The number of aliphatic carboxylic acids is 1. The van der Waals surface area contributed by atoms with Crippen LogP contribution in [-0.4, -0.2) is 29.1 Å². The molecule has 2 aliphatic rings. The summed E-state index contributed by atoms with van der Waals surface area (Å²) >= 11 is 0. The Morgan fingerprint density at radius 1 is 1.38 bits per heavy atom. The van der Waals surface area contributed by atoms with Gasteiger partial charge in [-0.2, -0.15) is 0 Å². The van der Waals surface area contributed by atoms with Crippen LogP contribution in [0.3, 0.4) is 0 Å². The number of alkyl halides is 2. The van der Waals surface area contributed by atoms with Crippen molar-refractivity contribution in [2.24, 2.45) is 11.3 Å². The van der Waals surface area contributed by atoms with E-state index in [4.69, 9.17) is 5.11 Å². The van der Waals surface area contributed by atoms with Crippen molar-refractivity contribution >= 4 is 5.97 Å². The maximum atomic E-state index is 12.7. The fraction of sp³-hybridized carbons (Fsp3) is 0.562. The second kappa shape index (κ2) is 5.37. The quantitative estimate of drug-likeness (QED) is 0.926. The van der Waals surface area contributed by atoms with Crippen LogP contribution in [0.2, 0.25) is 0 Å². The highest BCUT2D eigenvalue weighted by Gasteiger charge is 2.58. The average Bonchev–Trinajstić information content (AvgIpc) is 3.16. The van der Waals surface area contributed by atoms with E-state index in [9.17, 15) is 13.6 Å². The van der Waals surface area contributed by atoms with Crippen molar-refractivity contribution in [1.29, 1.82) is 0 Å². The van der Waals surface area contributed by atoms with Crippen LogP contribution in [0.4, 0.5) is 8.78 Å². The molecule has 3 rings (SSSR count). The lowest BCUT2D eigenvalue weighted by molar-refractivity contribution is -0.139. The molecule has 5 heteroatoms. The zero-order valence-electron chi connectivity index (χ0n) is 11.8. The Morgan fingerprint density at radius 2 is 2.10 bits per heavy atom. The van der Waals surface area contributed by atoms with Gasteiger partial charge in [0.2, 0.25) is 0 Å². The van der Waals surface area contributed by atoms with Gasteiger partial charge in [-0.1, -0.05) is 18.2 Å². The van der Waals surface area contributed by atoms with E-state index in [1.165, 1.54) is 6.07 Å². The van der Waals surface area contributed by atoms with Crippen molar-refractivity contribution in [3.63, 3.8) is 0 Å². The minimum Gasteiger partial charge on any atom is -0.481 e. The SMILES string of the molecule is O=C(O)[C@H]1CC12CCN(Cc1cccc(C(F)F)c1)CC2. The van der Waals surface area contributed by atoms with Crippen LogP contribution in [0.1, 0.15) is 36.8 Å². The van der Waals surface area contributed by atoms with Crippen LogP contribution in [0.15, 0.2) is 24.3 Å². The molecule has 1 N–H and O–H groups in total. The van der Waals surface area contributed by atoms with E-state index in [0.717, 1.165) is 37.9 Å². The van der Waals surface area contributed by atoms with Crippen molar-refractivity contribution in [2.45, 2.75) is 32.2 Å². The number of hydrogen-bond acceptors (Lipinski definition) is 2. The normalized spacial score (nSPS) is 24.4. The second-order valence-corrected chi connectivity index (χ2v) is 6.28. The van der Waals surface area contributed by atoms with Gasteiger partial charge in [-0.05, 0) is 49.4 Å². The minimum absolute atomic E-state index is 0.0210. The highest BCUT2D eigenvalue weighted by molar-refractivity contribution is 5.74. The molecule has 1 saturated heterocycles. The van der Waals surface area contributed by atoms with Gasteiger partial charge < -0.3 is 5.11 Å². The van der Waals surface area contributed by atoms with Crippen LogP contribution >= 0.6 is 0 Å². The first-order valence-electron chi connectivity index (χ1n) is 7.32. The van der Waals surface area contributed by atoms with Crippen molar-refractivity contribution in [3.8, 4) is 0 Å². The summed E-state index contributed by atoms with van der Waals surface area (Å²) in [6.07, 6.45) is 0.172. The highest BCUT2D eigenvalue weighted by atomic mass is 19.3. The number of benzene rings is 1. The molecule has 0 amide bonds. The molecule has 1 atom stereocenters. The number of carboxylic acid groups (broad SMARTS) is 1. The van der Waals surface area contributed by atoms with Gasteiger partial charge in [0.15, 0.2) is 0 Å². The molecule has 1 saturated carbocycles. The number of halogens is 2. The Labute approximate surface area is 122 Å². The van der Waals surface area contributed by atoms with Crippen LogP contribution in [-0.2, 0) is 11.3 Å². The zero-order valence-corrected chi connectivity index (χ0v) is 11.8. The van der Waals surface area contributed by atoms with E-state index in [0.29, 0.717) is 6.54 Å². The molecule has 1 heterocycles. The van der Waals surface area contributed by atoms with Crippen LogP contribution in [0, 0.1) is 11.3 Å².